The van der Waals surface area contributed by atoms with Crippen LogP contribution in [-0.2, 0) is 30.8 Å². The van der Waals surface area contributed by atoms with Crippen LogP contribution < -0.4 is 10.6 Å². The first-order chi connectivity index (χ1) is 24.5. The summed E-state index contributed by atoms with van der Waals surface area (Å²) < 4.78 is 31.7. The predicted octanol–water partition coefficient (Wildman–Crippen LogP) is 8.15. The van der Waals surface area contributed by atoms with Gasteiger partial charge >= 0.3 is 18.2 Å². The van der Waals surface area contributed by atoms with Crippen molar-refractivity contribution in [3.05, 3.63) is 131 Å². The third kappa shape index (κ3) is 13.5. The zero-order chi connectivity index (χ0) is 36.6. The molecule has 0 saturated carbocycles. The molecule has 4 aromatic rings. The van der Waals surface area contributed by atoms with Gasteiger partial charge in [0.25, 0.3) is 0 Å². The number of urea groups is 1. The normalized spacial score (nSPS) is 13.7. The van der Waals surface area contributed by atoms with Gasteiger partial charge in [0.1, 0.15) is 0 Å². The van der Waals surface area contributed by atoms with Gasteiger partial charge in [-0.3, -0.25) is 4.90 Å². The van der Waals surface area contributed by atoms with Gasteiger partial charge in [0.05, 0.1) is 0 Å². The van der Waals surface area contributed by atoms with E-state index in [-0.39, 0.29) is 12.1 Å². The van der Waals surface area contributed by atoms with Crippen LogP contribution in [0.15, 0.2) is 109 Å². The summed E-state index contributed by atoms with van der Waals surface area (Å²) in [4.78, 5) is 27.2. The fourth-order valence-electron chi connectivity index (χ4n) is 6.02. The van der Waals surface area contributed by atoms with Crippen LogP contribution in [0.25, 0.3) is 11.1 Å². The third-order valence-corrected chi connectivity index (χ3v) is 8.73. The van der Waals surface area contributed by atoms with Crippen LogP contribution in [0.2, 0.25) is 0 Å². The minimum Gasteiger partial charge on any atom is -0.475 e. The Labute approximate surface area is 299 Å². The summed E-state index contributed by atoms with van der Waals surface area (Å²) in [5, 5.41) is 13.9. The Balaban J connectivity index is 0.000000755. The molecular formula is C41H49F3N4O3. The van der Waals surface area contributed by atoms with E-state index in [1.165, 1.54) is 27.8 Å². The maximum absolute atomic E-state index is 13.7. The molecule has 51 heavy (non-hydrogen) atoms. The van der Waals surface area contributed by atoms with E-state index >= 15 is 0 Å². The van der Waals surface area contributed by atoms with E-state index in [2.05, 4.69) is 137 Å². The van der Waals surface area contributed by atoms with Crippen molar-refractivity contribution in [2.24, 2.45) is 5.92 Å². The van der Waals surface area contributed by atoms with Crippen molar-refractivity contribution in [2.75, 3.05) is 26.2 Å². The first-order valence-electron chi connectivity index (χ1n) is 17.5. The quantitative estimate of drug-likeness (QED) is 0.131. The van der Waals surface area contributed by atoms with Crippen LogP contribution in [0.1, 0.15) is 48.9 Å². The molecule has 272 valence electrons. The average Bonchev–Trinajstić information content (AvgIpc) is 3.12. The van der Waals surface area contributed by atoms with E-state index in [4.69, 9.17) is 9.90 Å². The topological polar surface area (TPSA) is 84.9 Å². The summed E-state index contributed by atoms with van der Waals surface area (Å²) in [6, 6.07) is 38.8. The molecule has 1 aliphatic rings. The summed E-state index contributed by atoms with van der Waals surface area (Å²) in [5.41, 5.74) is 7.43. The molecule has 7 nitrogen and oxygen atoms in total. The molecule has 0 aliphatic carbocycles. The number of hydrogen-bond donors (Lipinski definition) is 3. The van der Waals surface area contributed by atoms with Crippen molar-refractivity contribution in [3.8, 4) is 11.1 Å². The number of carbonyl (C=O) groups excluding carboxylic acids is 1. The fraction of sp³-hybridized carbons (Fsp3) is 0.366. The van der Waals surface area contributed by atoms with Crippen molar-refractivity contribution in [2.45, 2.75) is 65.0 Å². The average molecular weight is 703 g/mol. The molecule has 1 saturated heterocycles. The monoisotopic (exact) mass is 702 g/mol. The number of rotatable bonds is 13. The SMILES string of the molecule is CC(C)CNCc1ccc(-c2cccc(CN(C(=O)NCCc3ccccc3)C3CCN(Cc4ccccc4)CC3)c2)cc1.O=C(O)C(F)(F)F. The number of hydrogen-bond acceptors (Lipinski definition) is 4. The number of nitrogens with zero attached hydrogens (tertiary/aromatic N) is 2. The Morgan fingerprint density at radius 3 is 1.98 bits per heavy atom. The molecule has 0 unspecified atom stereocenters. The Kier molecular flexibility index (Phi) is 15.1. The molecule has 0 atom stereocenters. The third-order valence-electron chi connectivity index (χ3n) is 8.73. The van der Waals surface area contributed by atoms with Crippen molar-refractivity contribution in [3.63, 3.8) is 0 Å². The molecule has 1 fully saturated rings. The number of carboxylic acid groups (broad SMARTS) is 1. The van der Waals surface area contributed by atoms with Gasteiger partial charge in [0.15, 0.2) is 0 Å². The first kappa shape index (κ1) is 39.1. The number of amides is 2. The van der Waals surface area contributed by atoms with Crippen LogP contribution in [0.3, 0.4) is 0 Å². The van der Waals surface area contributed by atoms with E-state index in [1.54, 1.807) is 0 Å². The van der Waals surface area contributed by atoms with Crippen molar-refractivity contribution < 1.29 is 27.9 Å². The number of alkyl halides is 3. The van der Waals surface area contributed by atoms with Crippen molar-refractivity contribution in [1.82, 2.24) is 20.4 Å². The lowest BCUT2D eigenvalue weighted by molar-refractivity contribution is -0.192. The number of benzene rings is 4. The number of carbonyl (C=O) groups is 2. The van der Waals surface area contributed by atoms with E-state index in [1.807, 2.05) is 6.07 Å². The second kappa shape index (κ2) is 19.7. The van der Waals surface area contributed by atoms with Crippen LogP contribution in [0.5, 0.6) is 0 Å². The standard InChI is InChI=1S/C39H48N4O.C2HF3O2/c1-31(2)27-40-28-33-16-18-36(19-17-33)37-15-9-14-35(26-37)30-43(39(44)41-23-20-32-10-5-3-6-11-32)38-21-24-42(25-22-38)29-34-12-7-4-8-13-34;3-2(4,5)1(6)7/h3-19,26,31,38,40H,20-25,27-30H2,1-2H3,(H,41,44);(H,6,7). The summed E-state index contributed by atoms with van der Waals surface area (Å²) >= 11 is 0. The Hall–Kier alpha value is -4.67. The highest BCUT2D eigenvalue weighted by Crippen LogP contribution is 2.25. The van der Waals surface area contributed by atoms with Gasteiger partial charge < -0.3 is 20.6 Å². The minimum absolute atomic E-state index is 0.0334. The van der Waals surface area contributed by atoms with E-state index < -0.39 is 12.1 Å². The highest BCUT2D eigenvalue weighted by Gasteiger charge is 2.38. The number of piperidine rings is 1. The predicted molar refractivity (Wildman–Crippen MR) is 196 cm³/mol. The second-order valence-electron chi connectivity index (χ2n) is 13.3. The van der Waals surface area contributed by atoms with Gasteiger partial charge in [-0.25, -0.2) is 9.59 Å². The molecule has 0 spiro atoms. The summed E-state index contributed by atoms with van der Waals surface area (Å²) in [7, 11) is 0. The molecule has 2 amide bonds. The number of halogens is 3. The van der Waals surface area contributed by atoms with Crippen LogP contribution in [0, 0.1) is 5.92 Å². The molecule has 10 heteroatoms. The Morgan fingerprint density at radius 1 is 0.804 bits per heavy atom. The molecule has 0 aromatic heterocycles. The van der Waals surface area contributed by atoms with Crippen molar-refractivity contribution in [1.29, 1.82) is 0 Å². The molecule has 3 N–H and O–H groups in total. The molecule has 5 rings (SSSR count). The van der Waals surface area contributed by atoms with Gasteiger partial charge in [-0.2, -0.15) is 13.2 Å². The molecule has 4 aromatic carbocycles. The van der Waals surface area contributed by atoms with Gasteiger partial charge in [-0.1, -0.05) is 117 Å². The summed E-state index contributed by atoms with van der Waals surface area (Å²) in [6.45, 7) is 10.5. The fourth-order valence-corrected chi connectivity index (χ4v) is 6.02. The number of aliphatic carboxylic acids is 1. The maximum Gasteiger partial charge on any atom is 0.490 e. The lowest BCUT2D eigenvalue weighted by Gasteiger charge is -2.38. The lowest BCUT2D eigenvalue weighted by Crippen LogP contribution is -2.50. The van der Waals surface area contributed by atoms with Gasteiger partial charge in [0, 0.05) is 45.3 Å². The number of nitrogens with one attached hydrogen (secondary N) is 2. The Morgan fingerprint density at radius 2 is 1.39 bits per heavy atom. The molecule has 1 heterocycles. The van der Waals surface area contributed by atoms with E-state index in [0.29, 0.717) is 19.0 Å². The number of likely N-dealkylation sites (tertiary alicyclic amines) is 1. The molecule has 0 bridgehead atoms. The Bertz CT molecular complexity index is 1630. The smallest absolute Gasteiger partial charge is 0.475 e. The second-order valence-corrected chi connectivity index (χ2v) is 13.3. The van der Waals surface area contributed by atoms with Crippen LogP contribution in [0.4, 0.5) is 18.0 Å². The largest absolute Gasteiger partial charge is 0.490 e. The van der Waals surface area contributed by atoms with Gasteiger partial charge in [-0.15, -0.1) is 0 Å². The van der Waals surface area contributed by atoms with E-state index in [9.17, 15) is 18.0 Å². The maximum atomic E-state index is 13.7. The summed E-state index contributed by atoms with van der Waals surface area (Å²) in [5.74, 6) is -2.11. The van der Waals surface area contributed by atoms with Gasteiger partial charge in [0.2, 0.25) is 0 Å². The molecular weight excluding hydrogens is 653 g/mol. The van der Waals surface area contributed by atoms with E-state index in [0.717, 1.165) is 57.5 Å². The highest BCUT2D eigenvalue weighted by atomic mass is 19.4. The minimum atomic E-state index is -5.08. The zero-order valence-corrected chi connectivity index (χ0v) is 29.4. The zero-order valence-electron chi connectivity index (χ0n) is 29.4. The van der Waals surface area contributed by atoms with Gasteiger partial charge in [-0.05, 0) is 71.2 Å². The highest BCUT2D eigenvalue weighted by molar-refractivity contribution is 5.75. The molecule has 0 radical (unpaired) electrons. The summed E-state index contributed by atoms with van der Waals surface area (Å²) in [6.07, 6.45) is -2.30. The lowest BCUT2D eigenvalue weighted by atomic mass is 9.99. The first-order valence-corrected chi connectivity index (χ1v) is 17.5. The molecule has 1 aliphatic heterocycles. The van der Waals surface area contributed by atoms with Crippen molar-refractivity contribution >= 4 is 12.0 Å². The number of carboxylic acids is 1. The van der Waals surface area contributed by atoms with Crippen LogP contribution >= 0.6 is 0 Å². The van der Waals surface area contributed by atoms with Crippen LogP contribution in [-0.4, -0.2) is 65.3 Å².